The first kappa shape index (κ1) is 6.61. The van der Waals surface area contributed by atoms with Gasteiger partial charge in [-0.25, -0.2) is 0 Å². The number of carbonyl (C=O) groups is 1. The van der Waals surface area contributed by atoms with Gasteiger partial charge in [0.2, 0.25) is 0 Å². The van der Waals surface area contributed by atoms with Gasteiger partial charge in [0.15, 0.2) is 5.78 Å². The number of thioether (sulfide) groups is 1. The summed E-state index contributed by atoms with van der Waals surface area (Å²) in [5, 5.41) is 10.9. The largest absolute Gasteiger partial charge is 0.411 e. The predicted molar refractivity (Wildman–Crippen MR) is 36.1 cm³/mol. The maximum atomic E-state index is 10.7. The van der Waals surface area contributed by atoms with Gasteiger partial charge in [0.05, 0.1) is 17.9 Å². The van der Waals surface area contributed by atoms with Gasteiger partial charge >= 0.3 is 0 Å². The van der Waals surface area contributed by atoms with Crippen LogP contribution in [0.3, 0.4) is 0 Å². The number of carbonyl (C=O) groups excluding carboxylic acids is 1. The Morgan fingerprint density at radius 2 is 2.67 bits per heavy atom. The van der Waals surface area contributed by atoms with E-state index in [1.165, 1.54) is 6.21 Å². The molecular weight excluding hydrogens is 138 g/mol. The third kappa shape index (κ3) is 1.45. The number of rotatable bonds is 1. The lowest BCUT2D eigenvalue weighted by molar-refractivity contribution is -0.117. The van der Waals surface area contributed by atoms with Crippen molar-refractivity contribution in [3.05, 3.63) is 0 Å². The molecule has 0 radical (unpaired) electrons. The molecule has 1 N–H and O–H groups in total. The van der Waals surface area contributed by atoms with Crippen molar-refractivity contribution in [2.24, 2.45) is 11.1 Å². The van der Waals surface area contributed by atoms with E-state index in [2.05, 4.69) is 5.16 Å². The van der Waals surface area contributed by atoms with E-state index in [4.69, 9.17) is 5.21 Å². The molecule has 0 aromatic heterocycles. The van der Waals surface area contributed by atoms with Gasteiger partial charge in [0, 0.05) is 5.75 Å². The van der Waals surface area contributed by atoms with Crippen LogP contribution in [0.15, 0.2) is 5.16 Å². The lowest BCUT2D eigenvalue weighted by Gasteiger charge is -1.92. The minimum Gasteiger partial charge on any atom is -0.411 e. The topological polar surface area (TPSA) is 49.7 Å². The Labute approximate surface area is 57.1 Å². The minimum absolute atomic E-state index is 0.139. The number of Topliss-reactive ketones (excluding diaryl/α,β-unsaturated/α-hetero) is 1. The lowest BCUT2D eigenvalue weighted by atomic mass is 10.1. The van der Waals surface area contributed by atoms with E-state index in [1.807, 2.05) is 0 Å². The van der Waals surface area contributed by atoms with E-state index in [-0.39, 0.29) is 11.7 Å². The first-order chi connectivity index (χ1) is 4.34. The van der Waals surface area contributed by atoms with Crippen molar-refractivity contribution in [2.75, 3.05) is 11.5 Å². The number of hydrogen-bond acceptors (Lipinski definition) is 4. The molecule has 1 heterocycles. The average molecular weight is 145 g/mol. The second kappa shape index (κ2) is 2.87. The van der Waals surface area contributed by atoms with Crippen molar-refractivity contribution in [1.29, 1.82) is 0 Å². The van der Waals surface area contributed by atoms with Crippen LogP contribution in [0.5, 0.6) is 0 Å². The van der Waals surface area contributed by atoms with Crippen LogP contribution in [0.2, 0.25) is 0 Å². The van der Waals surface area contributed by atoms with Crippen LogP contribution in [-0.2, 0) is 4.79 Å². The van der Waals surface area contributed by atoms with Crippen LogP contribution in [0.4, 0.5) is 0 Å². The SMILES string of the molecule is O=C1CSCC1/C=N/O. The molecule has 50 valence electrons. The van der Waals surface area contributed by atoms with Gasteiger partial charge < -0.3 is 5.21 Å². The zero-order valence-corrected chi connectivity index (χ0v) is 5.60. The molecule has 1 saturated heterocycles. The molecule has 0 aromatic carbocycles. The average Bonchev–Trinajstić information content (AvgIpc) is 2.18. The molecular formula is C5H7NO2S. The molecule has 1 fully saturated rings. The van der Waals surface area contributed by atoms with Gasteiger partial charge in [-0.1, -0.05) is 0 Å². The summed E-state index contributed by atoms with van der Waals surface area (Å²) in [5.74, 6) is 1.36. The summed E-state index contributed by atoms with van der Waals surface area (Å²) in [6.45, 7) is 0. The molecule has 9 heavy (non-hydrogen) atoms. The van der Waals surface area contributed by atoms with Crippen LogP contribution in [-0.4, -0.2) is 28.7 Å². The van der Waals surface area contributed by atoms with Crippen molar-refractivity contribution in [3.8, 4) is 0 Å². The van der Waals surface area contributed by atoms with Crippen molar-refractivity contribution in [1.82, 2.24) is 0 Å². The quantitative estimate of drug-likeness (QED) is 0.329. The predicted octanol–water partition coefficient (Wildman–Crippen LogP) is 0.379. The minimum atomic E-state index is -0.139. The third-order valence-corrected chi connectivity index (χ3v) is 2.29. The van der Waals surface area contributed by atoms with E-state index >= 15 is 0 Å². The molecule has 0 amide bonds. The standard InChI is InChI=1S/C5H7NO2S/c7-5-3-9-2-4(5)1-6-8/h1,4,8H,2-3H2/b6-1+. The Hall–Kier alpha value is -0.510. The van der Waals surface area contributed by atoms with Crippen LogP contribution >= 0.6 is 11.8 Å². The van der Waals surface area contributed by atoms with E-state index < -0.39 is 0 Å². The van der Waals surface area contributed by atoms with E-state index in [0.29, 0.717) is 5.75 Å². The smallest absolute Gasteiger partial charge is 0.152 e. The summed E-state index contributed by atoms with van der Waals surface area (Å²) in [7, 11) is 0. The number of ketones is 1. The molecule has 1 aliphatic rings. The highest BCUT2D eigenvalue weighted by molar-refractivity contribution is 8.00. The summed E-state index contributed by atoms with van der Waals surface area (Å²) >= 11 is 1.58. The van der Waals surface area contributed by atoms with Gasteiger partial charge in [-0.3, -0.25) is 4.79 Å². The molecule has 1 aliphatic heterocycles. The third-order valence-electron chi connectivity index (χ3n) is 1.20. The number of oxime groups is 1. The first-order valence-corrected chi connectivity index (χ1v) is 3.78. The van der Waals surface area contributed by atoms with E-state index in [1.54, 1.807) is 11.8 Å². The molecule has 0 aromatic rings. The lowest BCUT2D eigenvalue weighted by Crippen LogP contribution is -2.11. The molecule has 4 heteroatoms. The highest BCUT2D eigenvalue weighted by Gasteiger charge is 2.22. The van der Waals surface area contributed by atoms with Gasteiger partial charge in [-0.15, -0.1) is 5.16 Å². The highest BCUT2D eigenvalue weighted by Crippen LogP contribution is 2.18. The summed E-state index contributed by atoms with van der Waals surface area (Å²) in [6, 6.07) is 0. The maximum absolute atomic E-state index is 10.7. The van der Waals surface area contributed by atoms with Gasteiger partial charge in [0.1, 0.15) is 0 Å². The van der Waals surface area contributed by atoms with Gasteiger partial charge in [-0.2, -0.15) is 11.8 Å². The molecule has 0 aliphatic carbocycles. The van der Waals surface area contributed by atoms with Crippen LogP contribution in [0.1, 0.15) is 0 Å². The van der Waals surface area contributed by atoms with Crippen LogP contribution < -0.4 is 0 Å². The second-order valence-electron chi connectivity index (χ2n) is 1.85. The molecule has 0 saturated carbocycles. The normalized spacial score (nSPS) is 28.0. The number of hydrogen-bond donors (Lipinski definition) is 1. The Bertz CT molecular complexity index is 146. The van der Waals surface area contributed by atoms with Crippen LogP contribution in [0, 0.1) is 5.92 Å². The highest BCUT2D eigenvalue weighted by atomic mass is 32.2. The summed E-state index contributed by atoms with van der Waals surface area (Å²) in [5.41, 5.74) is 0. The van der Waals surface area contributed by atoms with Gasteiger partial charge in [0.25, 0.3) is 0 Å². The summed E-state index contributed by atoms with van der Waals surface area (Å²) < 4.78 is 0. The molecule has 0 bridgehead atoms. The zero-order chi connectivity index (χ0) is 6.69. The molecule has 1 unspecified atom stereocenters. The fraction of sp³-hybridized carbons (Fsp3) is 0.600. The molecule has 1 atom stereocenters. The number of nitrogens with zero attached hydrogens (tertiary/aromatic N) is 1. The summed E-state index contributed by atoms with van der Waals surface area (Å²) in [4.78, 5) is 10.7. The first-order valence-electron chi connectivity index (χ1n) is 2.62. The Kier molecular flexibility index (Phi) is 2.10. The summed E-state index contributed by atoms with van der Waals surface area (Å²) in [6.07, 6.45) is 1.29. The fourth-order valence-electron chi connectivity index (χ4n) is 0.693. The van der Waals surface area contributed by atoms with Gasteiger partial charge in [-0.05, 0) is 0 Å². The van der Waals surface area contributed by atoms with Crippen molar-refractivity contribution >= 4 is 23.8 Å². The van der Waals surface area contributed by atoms with Crippen molar-refractivity contribution < 1.29 is 10.0 Å². The molecule has 0 spiro atoms. The van der Waals surface area contributed by atoms with Crippen molar-refractivity contribution in [2.45, 2.75) is 0 Å². The Morgan fingerprint density at radius 3 is 3.11 bits per heavy atom. The Morgan fingerprint density at radius 1 is 1.89 bits per heavy atom. The van der Waals surface area contributed by atoms with E-state index in [9.17, 15) is 4.79 Å². The van der Waals surface area contributed by atoms with E-state index in [0.717, 1.165) is 5.75 Å². The fourth-order valence-corrected chi connectivity index (χ4v) is 1.75. The molecule has 1 rings (SSSR count). The second-order valence-corrected chi connectivity index (χ2v) is 2.88. The Balaban J connectivity index is 2.49. The van der Waals surface area contributed by atoms with Crippen molar-refractivity contribution in [3.63, 3.8) is 0 Å². The molecule has 3 nitrogen and oxygen atoms in total. The maximum Gasteiger partial charge on any atom is 0.152 e. The zero-order valence-electron chi connectivity index (χ0n) is 4.78. The monoisotopic (exact) mass is 145 g/mol. The van der Waals surface area contributed by atoms with Crippen LogP contribution in [0.25, 0.3) is 0 Å².